The first-order valence-corrected chi connectivity index (χ1v) is 5.32. The van der Waals surface area contributed by atoms with Gasteiger partial charge in [-0.25, -0.2) is 0 Å². The molecule has 0 saturated heterocycles. The molecule has 1 aliphatic rings. The Kier molecular flexibility index (Phi) is 1.96. The molecular weight excluding hydrogens is 174 g/mol. The molecule has 2 N–H and O–H groups in total. The highest BCUT2D eigenvalue weighted by Gasteiger charge is 2.53. The first kappa shape index (κ1) is 9.71. The van der Waals surface area contributed by atoms with Crippen LogP contribution in [0.4, 0.5) is 0 Å². The second kappa shape index (κ2) is 2.83. The van der Waals surface area contributed by atoms with Crippen molar-refractivity contribution in [1.82, 2.24) is 9.78 Å². The lowest BCUT2D eigenvalue weighted by atomic mass is 9.79. The molecule has 0 radical (unpaired) electrons. The van der Waals surface area contributed by atoms with Gasteiger partial charge < -0.3 is 5.73 Å². The summed E-state index contributed by atoms with van der Waals surface area (Å²) in [4.78, 5) is 0. The number of nitrogens with zero attached hydrogens (tertiary/aromatic N) is 2. The van der Waals surface area contributed by atoms with Gasteiger partial charge in [0.05, 0.1) is 0 Å². The summed E-state index contributed by atoms with van der Waals surface area (Å²) in [6.07, 6.45) is 4.14. The van der Waals surface area contributed by atoms with Crippen molar-refractivity contribution < 1.29 is 0 Å². The van der Waals surface area contributed by atoms with E-state index < -0.39 is 0 Å². The van der Waals surface area contributed by atoms with Gasteiger partial charge in [-0.05, 0) is 25.8 Å². The molecule has 0 unspecified atom stereocenters. The van der Waals surface area contributed by atoms with Gasteiger partial charge in [-0.2, -0.15) is 5.10 Å². The third-order valence-electron chi connectivity index (χ3n) is 3.69. The second-order valence-electron chi connectivity index (χ2n) is 4.81. The van der Waals surface area contributed by atoms with Crippen molar-refractivity contribution in [2.45, 2.75) is 51.1 Å². The van der Waals surface area contributed by atoms with Crippen LogP contribution in [0.15, 0.2) is 12.3 Å². The van der Waals surface area contributed by atoms with E-state index >= 15 is 0 Å². The summed E-state index contributed by atoms with van der Waals surface area (Å²) in [5, 5.41) is 4.30. The van der Waals surface area contributed by atoms with E-state index in [4.69, 9.17) is 5.73 Å². The number of nitrogens with two attached hydrogens (primary N) is 1. The number of rotatable bonds is 3. The molecule has 1 aromatic heterocycles. The van der Waals surface area contributed by atoms with E-state index in [2.05, 4.69) is 31.9 Å². The summed E-state index contributed by atoms with van der Waals surface area (Å²) < 4.78 is 2.05. The highest BCUT2D eigenvalue weighted by Crippen LogP contribution is 2.48. The number of aryl methyl sites for hydroxylation is 1. The van der Waals surface area contributed by atoms with Crippen LogP contribution in [0.1, 0.15) is 39.3 Å². The molecule has 0 aliphatic heterocycles. The van der Waals surface area contributed by atoms with E-state index in [9.17, 15) is 0 Å². The predicted octanol–water partition coefficient (Wildman–Crippen LogP) is 1.67. The van der Waals surface area contributed by atoms with Gasteiger partial charge in [0.25, 0.3) is 0 Å². The molecule has 78 valence electrons. The molecule has 0 amide bonds. The molecule has 3 nitrogen and oxygen atoms in total. The fourth-order valence-corrected chi connectivity index (χ4v) is 2.13. The fourth-order valence-electron chi connectivity index (χ4n) is 2.13. The Morgan fingerprint density at radius 1 is 1.57 bits per heavy atom. The Balaban J connectivity index is 2.38. The minimum absolute atomic E-state index is 0.0000463. The van der Waals surface area contributed by atoms with Gasteiger partial charge >= 0.3 is 0 Å². The van der Waals surface area contributed by atoms with E-state index in [-0.39, 0.29) is 11.0 Å². The summed E-state index contributed by atoms with van der Waals surface area (Å²) in [5.74, 6) is 0. The highest BCUT2D eigenvalue weighted by molar-refractivity contribution is 5.27. The van der Waals surface area contributed by atoms with Crippen molar-refractivity contribution >= 4 is 0 Å². The topological polar surface area (TPSA) is 43.8 Å². The Morgan fingerprint density at radius 2 is 2.21 bits per heavy atom. The van der Waals surface area contributed by atoms with Crippen molar-refractivity contribution in [3.05, 3.63) is 18.0 Å². The average Bonchev–Trinajstić information content (AvgIpc) is 2.73. The number of hydrogen-bond donors (Lipinski definition) is 1. The maximum Gasteiger partial charge on any atom is 0.0492 e. The largest absolute Gasteiger partial charge is 0.324 e. The van der Waals surface area contributed by atoms with E-state index in [0.29, 0.717) is 0 Å². The zero-order valence-electron chi connectivity index (χ0n) is 9.25. The van der Waals surface area contributed by atoms with Crippen LogP contribution in [0.2, 0.25) is 0 Å². The first-order chi connectivity index (χ1) is 6.51. The van der Waals surface area contributed by atoms with Crippen LogP contribution in [0, 0.1) is 0 Å². The molecule has 0 atom stereocenters. The van der Waals surface area contributed by atoms with Gasteiger partial charge in [-0.1, -0.05) is 13.8 Å². The molecule has 1 aromatic rings. The third-order valence-corrected chi connectivity index (χ3v) is 3.69. The lowest BCUT2D eigenvalue weighted by Crippen LogP contribution is -2.44. The van der Waals surface area contributed by atoms with Crippen molar-refractivity contribution in [2.75, 3.05) is 0 Å². The molecule has 3 heteroatoms. The summed E-state index contributed by atoms with van der Waals surface area (Å²) in [6, 6.07) is 2.09. The Bertz CT molecular complexity index is 334. The predicted molar refractivity (Wildman–Crippen MR) is 57.1 cm³/mol. The quantitative estimate of drug-likeness (QED) is 0.793. The standard InChI is InChI=1S/C11H19N3/c1-4-14-9(5-8-13-14)10(2,3)11(12)6-7-11/h5,8H,4,6-7,12H2,1-3H3. The molecule has 0 aromatic carbocycles. The maximum atomic E-state index is 6.30. The Morgan fingerprint density at radius 3 is 2.71 bits per heavy atom. The van der Waals surface area contributed by atoms with Gasteiger partial charge in [0.1, 0.15) is 0 Å². The van der Waals surface area contributed by atoms with E-state index in [1.807, 2.05) is 10.9 Å². The number of aromatic nitrogens is 2. The fraction of sp³-hybridized carbons (Fsp3) is 0.727. The molecule has 1 saturated carbocycles. The Hall–Kier alpha value is -0.830. The minimum Gasteiger partial charge on any atom is -0.324 e. The van der Waals surface area contributed by atoms with Crippen LogP contribution in [-0.4, -0.2) is 15.3 Å². The molecule has 1 fully saturated rings. The molecule has 14 heavy (non-hydrogen) atoms. The van der Waals surface area contributed by atoms with Crippen LogP contribution in [0.3, 0.4) is 0 Å². The van der Waals surface area contributed by atoms with E-state index in [1.54, 1.807) is 0 Å². The van der Waals surface area contributed by atoms with Crippen molar-refractivity contribution in [2.24, 2.45) is 5.73 Å². The van der Waals surface area contributed by atoms with Gasteiger partial charge in [-0.15, -0.1) is 0 Å². The SMILES string of the molecule is CCn1nccc1C(C)(C)C1(N)CC1. The summed E-state index contributed by atoms with van der Waals surface area (Å²) in [7, 11) is 0. The molecule has 0 spiro atoms. The highest BCUT2D eigenvalue weighted by atomic mass is 15.3. The van der Waals surface area contributed by atoms with Gasteiger partial charge in [0.2, 0.25) is 0 Å². The average molecular weight is 193 g/mol. The zero-order valence-corrected chi connectivity index (χ0v) is 9.25. The summed E-state index contributed by atoms with van der Waals surface area (Å²) >= 11 is 0. The van der Waals surface area contributed by atoms with Crippen LogP contribution in [-0.2, 0) is 12.0 Å². The maximum absolute atomic E-state index is 6.30. The summed E-state index contributed by atoms with van der Waals surface area (Å²) in [5.41, 5.74) is 7.60. The van der Waals surface area contributed by atoms with Crippen molar-refractivity contribution in [3.8, 4) is 0 Å². The van der Waals surface area contributed by atoms with Gasteiger partial charge in [0.15, 0.2) is 0 Å². The third kappa shape index (κ3) is 1.19. The Labute approximate surface area is 85.3 Å². The van der Waals surface area contributed by atoms with Crippen LogP contribution < -0.4 is 5.73 Å². The van der Waals surface area contributed by atoms with Crippen molar-refractivity contribution in [3.63, 3.8) is 0 Å². The second-order valence-corrected chi connectivity index (χ2v) is 4.81. The lowest BCUT2D eigenvalue weighted by molar-refractivity contribution is 0.359. The van der Waals surface area contributed by atoms with Crippen LogP contribution in [0.25, 0.3) is 0 Å². The zero-order chi connectivity index (χ0) is 10.4. The molecule has 1 heterocycles. The molecule has 0 bridgehead atoms. The van der Waals surface area contributed by atoms with Gasteiger partial charge in [-0.3, -0.25) is 4.68 Å². The lowest BCUT2D eigenvalue weighted by Gasteiger charge is -2.32. The minimum atomic E-state index is -0.0000463. The molecular formula is C11H19N3. The van der Waals surface area contributed by atoms with Gasteiger partial charge in [0, 0.05) is 29.4 Å². The molecule has 1 aliphatic carbocycles. The molecule has 2 rings (SSSR count). The smallest absolute Gasteiger partial charge is 0.0492 e. The first-order valence-electron chi connectivity index (χ1n) is 5.32. The van der Waals surface area contributed by atoms with E-state index in [0.717, 1.165) is 19.4 Å². The van der Waals surface area contributed by atoms with Crippen molar-refractivity contribution in [1.29, 1.82) is 0 Å². The van der Waals surface area contributed by atoms with Crippen LogP contribution >= 0.6 is 0 Å². The monoisotopic (exact) mass is 193 g/mol. The normalized spacial score (nSPS) is 19.7. The van der Waals surface area contributed by atoms with Crippen LogP contribution in [0.5, 0.6) is 0 Å². The number of hydrogen-bond acceptors (Lipinski definition) is 2. The van der Waals surface area contributed by atoms with E-state index in [1.165, 1.54) is 5.69 Å². The summed E-state index contributed by atoms with van der Waals surface area (Å²) in [6.45, 7) is 7.48.